The van der Waals surface area contributed by atoms with Crippen molar-refractivity contribution in [2.75, 3.05) is 11.4 Å². The van der Waals surface area contributed by atoms with E-state index in [9.17, 15) is 0 Å². The number of nitrogens with two attached hydrogens (primary N) is 1. The van der Waals surface area contributed by atoms with Gasteiger partial charge in [-0.1, -0.05) is 26.3 Å². The Balaban J connectivity index is 2.79. The van der Waals surface area contributed by atoms with Crippen LogP contribution < -0.4 is 10.6 Å². The van der Waals surface area contributed by atoms with Crippen molar-refractivity contribution in [3.8, 4) is 0 Å². The Morgan fingerprint density at radius 2 is 2.12 bits per heavy atom. The largest absolute Gasteiger partial charge is 0.354 e. The van der Waals surface area contributed by atoms with E-state index >= 15 is 0 Å². The van der Waals surface area contributed by atoms with Crippen LogP contribution in [-0.4, -0.2) is 17.6 Å². The van der Waals surface area contributed by atoms with Gasteiger partial charge in [-0.2, -0.15) is 0 Å². The van der Waals surface area contributed by atoms with Gasteiger partial charge in [0.1, 0.15) is 5.82 Å². The molecular weight excluding hydrogens is 210 g/mol. The summed E-state index contributed by atoms with van der Waals surface area (Å²) in [6, 6.07) is 4.70. The molecule has 1 aromatic rings. The quantitative estimate of drug-likeness (QED) is 0.790. The Kier molecular flexibility index (Phi) is 5.98. The van der Waals surface area contributed by atoms with Crippen molar-refractivity contribution in [2.24, 2.45) is 5.73 Å². The van der Waals surface area contributed by atoms with Gasteiger partial charge in [0, 0.05) is 25.3 Å². The van der Waals surface area contributed by atoms with Crippen molar-refractivity contribution in [2.45, 2.75) is 52.6 Å². The number of anilines is 1. The van der Waals surface area contributed by atoms with Crippen molar-refractivity contribution in [3.63, 3.8) is 0 Å². The van der Waals surface area contributed by atoms with Crippen LogP contribution in [0.25, 0.3) is 0 Å². The maximum Gasteiger partial charge on any atom is 0.128 e. The molecule has 1 rings (SSSR count). The molecule has 0 spiro atoms. The van der Waals surface area contributed by atoms with E-state index in [1.807, 2.05) is 6.20 Å². The number of hydrogen-bond acceptors (Lipinski definition) is 3. The van der Waals surface area contributed by atoms with Crippen molar-refractivity contribution >= 4 is 5.82 Å². The minimum absolute atomic E-state index is 0.540. The van der Waals surface area contributed by atoms with E-state index in [1.54, 1.807) is 0 Å². The summed E-state index contributed by atoms with van der Waals surface area (Å²) >= 11 is 0. The van der Waals surface area contributed by atoms with E-state index in [1.165, 1.54) is 12.8 Å². The SMILES string of the molecule is CCCCN(c1ccc(CN)cn1)C(C)CC. The van der Waals surface area contributed by atoms with Crippen LogP contribution in [0.3, 0.4) is 0 Å². The van der Waals surface area contributed by atoms with E-state index in [2.05, 4.69) is 42.8 Å². The molecule has 1 heterocycles. The van der Waals surface area contributed by atoms with Gasteiger partial charge in [0.15, 0.2) is 0 Å². The lowest BCUT2D eigenvalue weighted by molar-refractivity contribution is 0.589. The highest BCUT2D eigenvalue weighted by Gasteiger charge is 2.13. The molecule has 3 nitrogen and oxygen atoms in total. The highest BCUT2D eigenvalue weighted by Crippen LogP contribution is 2.17. The number of aromatic nitrogens is 1. The highest BCUT2D eigenvalue weighted by atomic mass is 15.2. The fourth-order valence-electron chi connectivity index (χ4n) is 1.82. The summed E-state index contributed by atoms with van der Waals surface area (Å²) in [5.74, 6) is 1.07. The van der Waals surface area contributed by atoms with Crippen molar-refractivity contribution in [1.29, 1.82) is 0 Å². The van der Waals surface area contributed by atoms with Gasteiger partial charge < -0.3 is 10.6 Å². The summed E-state index contributed by atoms with van der Waals surface area (Å²) in [6.07, 6.45) is 5.46. The van der Waals surface area contributed by atoms with Gasteiger partial charge in [0.2, 0.25) is 0 Å². The molecule has 0 aliphatic carbocycles. The summed E-state index contributed by atoms with van der Waals surface area (Å²) in [6.45, 7) is 8.35. The first-order valence-electron chi connectivity index (χ1n) is 6.64. The molecule has 1 atom stereocenters. The number of unbranched alkanes of at least 4 members (excludes halogenated alkanes) is 1. The molecular formula is C14H25N3. The second-order valence-electron chi connectivity index (χ2n) is 4.53. The van der Waals surface area contributed by atoms with Gasteiger partial charge >= 0.3 is 0 Å². The molecule has 1 aromatic heterocycles. The fourth-order valence-corrected chi connectivity index (χ4v) is 1.82. The summed E-state index contributed by atoms with van der Waals surface area (Å²) < 4.78 is 0. The van der Waals surface area contributed by atoms with Crippen LogP contribution in [0.4, 0.5) is 5.82 Å². The maximum atomic E-state index is 5.59. The fraction of sp³-hybridized carbons (Fsp3) is 0.643. The lowest BCUT2D eigenvalue weighted by atomic mass is 10.2. The lowest BCUT2D eigenvalue weighted by Gasteiger charge is -2.29. The number of nitrogens with zero attached hydrogens (tertiary/aromatic N) is 2. The second-order valence-corrected chi connectivity index (χ2v) is 4.53. The molecule has 0 aromatic carbocycles. The van der Waals surface area contributed by atoms with E-state index in [-0.39, 0.29) is 0 Å². The van der Waals surface area contributed by atoms with Crippen molar-refractivity contribution in [3.05, 3.63) is 23.9 Å². The molecule has 0 bridgehead atoms. The van der Waals surface area contributed by atoms with Gasteiger partial charge in [-0.25, -0.2) is 4.98 Å². The van der Waals surface area contributed by atoms with Crippen LogP contribution in [0.1, 0.15) is 45.6 Å². The highest BCUT2D eigenvalue weighted by molar-refractivity contribution is 5.40. The first-order chi connectivity index (χ1) is 8.22. The van der Waals surface area contributed by atoms with Gasteiger partial charge in [-0.05, 0) is 31.4 Å². The Bertz CT molecular complexity index is 308. The predicted octanol–water partition coefficient (Wildman–Crippen LogP) is 2.95. The molecule has 0 saturated heterocycles. The van der Waals surface area contributed by atoms with Crippen LogP contribution in [-0.2, 0) is 6.54 Å². The molecule has 0 aliphatic rings. The molecule has 0 fully saturated rings. The molecule has 0 saturated carbocycles. The summed E-state index contributed by atoms with van der Waals surface area (Å²) in [5.41, 5.74) is 6.68. The van der Waals surface area contributed by atoms with Crippen LogP contribution in [0.5, 0.6) is 0 Å². The Hall–Kier alpha value is -1.09. The standard InChI is InChI=1S/C14H25N3/c1-4-6-9-17(12(3)5-2)14-8-7-13(10-15)11-16-14/h7-8,11-12H,4-6,9-10,15H2,1-3H3. The van der Waals surface area contributed by atoms with Crippen LogP contribution in [0.15, 0.2) is 18.3 Å². The topological polar surface area (TPSA) is 42.1 Å². The summed E-state index contributed by atoms with van der Waals surface area (Å²) in [7, 11) is 0. The molecule has 3 heteroatoms. The Labute approximate surface area is 105 Å². The molecule has 17 heavy (non-hydrogen) atoms. The third kappa shape index (κ3) is 4.00. The third-order valence-electron chi connectivity index (χ3n) is 3.21. The van der Waals surface area contributed by atoms with E-state index in [4.69, 9.17) is 5.73 Å². The summed E-state index contributed by atoms with van der Waals surface area (Å²) in [5, 5.41) is 0. The number of pyridine rings is 1. The molecule has 1 unspecified atom stereocenters. The van der Waals surface area contributed by atoms with Gasteiger partial charge in [0.25, 0.3) is 0 Å². The number of rotatable bonds is 7. The van der Waals surface area contributed by atoms with Gasteiger partial charge in [0.05, 0.1) is 0 Å². The zero-order chi connectivity index (χ0) is 12.7. The van der Waals surface area contributed by atoms with E-state index in [0.29, 0.717) is 12.6 Å². The Morgan fingerprint density at radius 3 is 2.59 bits per heavy atom. The van der Waals surface area contributed by atoms with E-state index in [0.717, 1.165) is 24.3 Å². The Morgan fingerprint density at radius 1 is 1.35 bits per heavy atom. The minimum Gasteiger partial charge on any atom is -0.354 e. The van der Waals surface area contributed by atoms with Crippen LogP contribution in [0, 0.1) is 0 Å². The first kappa shape index (κ1) is 14.0. The van der Waals surface area contributed by atoms with Crippen molar-refractivity contribution < 1.29 is 0 Å². The first-order valence-corrected chi connectivity index (χ1v) is 6.64. The minimum atomic E-state index is 0.540. The predicted molar refractivity (Wildman–Crippen MR) is 74.1 cm³/mol. The van der Waals surface area contributed by atoms with Crippen LogP contribution >= 0.6 is 0 Å². The van der Waals surface area contributed by atoms with E-state index < -0.39 is 0 Å². The average molecular weight is 235 g/mol. The average Bonchev–Trinajstić information content (AvgIpc) is 2.39. The maximum absolute atomic E-state index is 5.59. The monoisotopic (exact) mass is 235 g/mol. The zero-order valence-electron chi connectivity index (χ0n) is 11.3. The van der Waals surface area contributed by atoms with Gasteiger partial charge in [-0.3, -0.25) is 0 Å². The molecule has 0 radical (unpaired) electrons. The lowest BCUT2D eigenvalue weighted by Crippen LogP contribution is -2.34. The normalized spacial score (nSPS) is 12.5. The number of hydrogen-bond donors (Lipinski definition) is 1. The molecule has 0 amide bonds. The molecule has 2 N–H and O–H groups in total. The second kappa shape index (κ2) is 7.28. The smallest absolute Gasteiger partial charge is 0.128 e. The molecule has 0 aliphatic heterocycles. The third-order valence-corrected chi connectivity index (χ3v) is 3.21. The zero-order valence-corrected chi connectivity index (χ0v) is 11.3. The molecule has 96 valence electrons. The summed E-state index contributed by atoms with van der Waals surface area (Å²) in [4.78, 5) is 6.91. The van der Waals surface area contributed by atoms with Gasteiger partial charge in [-0.15, -0.1) is 0 Å². The van der Waals surface area contributed by atoms with Crippen molar-refractivity contribution in [1.82, 2.24) is 4.98 Å². The van der Waals surface area contributed by atoms with Crippen LogP contribution in [0.2, 0.25) is 0 Å².